The highest BCUT2D eigenvalue weighted by atomic mass is 32.2. The van der Waals surface area contributed by atoms with Gasteiger partial charge in [0.25, 0.3) is 0 Å². The number of aryl methyl sites for hydroxylation is 1. The Balaban J connectivity index is 1.72. The van der Waals surface area contributed by atoms with Crippen LogP contribution in [0.5, 0.6) is 0 Å². The highest BCUT2D eigenvalue weighted by Crippen LogP contribution is 2.18. The number of aliphatic imine (C=N–C) groups is 1. The lowest BCUT2D eigenvalue weighted by molar-refractivity contribution is 0.0625. The predicted octanol–water partition coefficient (Wildman–Crippen LogP) is 1.60. The van der Waals surface area contributed by atoms with Gasteiger partial charge in [-0.15, -0.1) is 0 Å². The molecule has 1 aromatic carbocycles. The molecule has 27 heavy (non-hydrogen) atoms. The Labute approximate surface area is 163 Å². The van der Waals surface area contributed by atoms with E-state index in [9.17, 15) is 8.42 Å². The zero-order valence-corrected chi connectivity index (χ0v) is 17.4. The summed E-state index contributed by atoms with van der Waals surface area (Å²) in [7, 11) is 0.263. The monoisotopic (exact) mass is 396 g/mol. The maximum Gasteiger partial charge on any atom is 0.240 e. The molecule has 1 heterocycles. The van der Waals surface area contributed by atoms with Crippen molar-refractivity contribution in [1.82, 2.24) is 14.9 Å². The lowest BCUT2D eigenvalue weighted by atomic mass is 9.96. The van der Waals surface area contributed by atoms with Crippen LogP contribution >= 0.6 is 0 Å². The first-order valence-corrected chi connectivity index (χ1v) is 11.0. The minimum Gasteiger partial charge on any atom is -0.381 e. The molecule has 0 bridgehead atoms. The molecule has 1 aliphatic heterocycles. The summed E-state index contributed by atoms with van der Waals surface area (Å²) >= 11 is 0. The molecule has 0 radical (unpaired) electrons. The molecule has 1 fully saturated rings. The van der Waals surface area contributed by atoms with E-state index in [0.29, 0.717) is 19.0 Å². The number of sulfonamides is 1. The third-order valence-corrected chi connectivity index (χ3v) is 6.30. The average Bonchev–Trinajstić information content (AvgIpc) is 2.67. The Morgan fingerprint density at radius 1 is 1.22 bits per heavy atom. The minimum atomic E-state index is -3.48. The summed E-state index contributed by atoms with van der Waals surface area (Å²) in [5.74, 6) is 1.48. The Morgan fingerprint density at radius 2 is 1.89 bits per heavy atom. The van der Waals surface area contributed by atoms with Crippen molar-refractivity contribution >= 4 is 16.0 Å². The van der Waals surface area contributed by atoms with Gasteiger partial charge in [-0.2, -0.15) is 0 Å². The van der Waals surface area contributed by atoms with Crippen LogP contribution in [0.4, 0.5) is 0 Å². The molecular weight excluding hydrogens is 364 g/mol. The lowest BCUT2D eigenvalue weighted by Gasteiger charge is -2.26. The Hall–Kier alpha value is -1.64. The van der Waals surface area contributed by atoms with E-state index in [4.69, 9.17) is 4.74 Å². The largest absolute Gasteiger partial charge is 0.381 e. The summed E-state index contributed by atoms with van der Waals surface area (Å²) in [4.78, 5) is 6.65. The molecule has 0 aromatic heterocycles. The number of ether oxygens (including phenoxy) is 1. The average molecular weight is 397 g/mol. The second-order valence-corrected chi connectivity index (χ2v) is 8.72. The molecule has 0 saturated carbocycles. The van der Waals surface area contributed by atoms with Gasteiger partial charge in [-0.1, -0.05) is 17.7 Å². The van der Waals surface area contributed by atoms with Crippen molar-refractivity contribution in [1.29, 1.82) is 0 Å². The van der Waals surface area contributed by atoms with Crippen molar-refractivity contribution in [2.75, 3.05) is 46.9 Å². The van der Waals surface area contributed by atoms with Gasteiger partial charge in [0.1, 0.15) is 0 Å². The second kappa shape index (κ2) is 10.6. The smallest absolute Gasteiger partial charge is 0.240 e. The molecule has 1 saturated heterocycles. The number of hydrogen-bond acceptors (Lipinski definition) is 4. The quantitative estimate of drug-likeness (QED) is 0.396. The zero-order chi connectivity index (χ0) is 19.7. The number of rotatable bonds is 8. The molecule has 7 nitrogen and oxygen atoms in total. The van der Waals surface area contributed by atoms with Gasteiger partial charge in [-0.25, -0.2) is 13.1 Å². The van der Waals surface area contributed by atoms with Crippen LogP contribution in [-0.4, -0.2) is 66.2 Å². The first-order valence-electron chi connectivity index (χ1n) is 9.48. The molecule has 0 aliphatic carbocycles. The first kappa shape index (κ1) is 21.7. The van der Waals surface area contributed by atoms with Crippen LogP contribution in [0.1, 0.15) is 24.8 Å². The predicted molar refractivity (Wildman–Crippen MR) is 109 cm³/mol. The van der Waals surface area contributed by atoms with Gasteiger partial charge < -0.3 is 15.0 Å². The normalized spacial score (nSPS) is 16.3. The summed E-state index contributed by atoms with van der Waals surface area (Å²) < 4.78 is 32.6. The third-order valence-electron chi connectivity index (χ3n) is 4.82. The van der Waals surface area contributed by atoms with Crippen LogP contribution in [0.15, 0.2) is 34.2 Å². The van der Waals surface area contributed by atoms with E-state index in [2.05, 4.69) is 19.9 Å². The SMILES string of the molecule is CN=C(NCCNS(=O)(=O)c1ccc(C)cc1)N(C)CCC1CCOCC1. The molecule has 0 amide bonds. The topological polar surface area (TPSA) is 83.0 Å². The van der Waals surface area contributed by atoms with Crippen LogP contribution in [0, 0.1) is 12.8 Å². The fourth-order valence-electron chi connectivity index (χ4n) is 3.06. The number of guanidine groups is 1. The van der Waals surface area contributed by atoms with Crippen LogP contribution in [0.3, 0.4) is 0 Å². The number of nitrogens with one attached hydrogen (secondary N) is 2. The highest BCUT2D eigenvalue weighted by molar-refractivity contribution is 7.89. The highest BCUT2D eigenvalue weighted by Gasteiger charge is 2.16. The van der Waals surface area contributed by atoms with Crippen molar-refractivity contribution in [2.45, 2.75) is 31.1 Å². The molecular formula is C19H32N4O3S. The number of hydrogen-bond donors (Lipinski definition) is 2. The molecule has 8 heteroatoms. The van der Waals surface area contributed by atoms with Gasteiger partial charge in [-0.3, -0.25) is 4.99 Å². The number of benzene rings is 1. The van der Waals surface area contributed by atoms with Crippen molar-refractivity contribution in [3.8, 4) is 0 Å². The second-order valence-electron chi connectivity index (χ2n) is 6.95. The van der Waals surface area contributed by atoms with Crippen LogP contribution in [-0.2, 0) is 14.8 Å². The van der Waals surface area contributed by atoms with Gasteiger partial charge in [0.15, 0.2) is 5.96 Å². The van der Waals surface area contributed by atoms with Crippen LogP contribution in [0.2, 0.25) is 0 Å². The number of nitrogens with zero attached hydrogens (tertiary/aromatic N) is 2. The van der Waals surface area contributed by atoms with E-state index in [1.54, 1.807) is 31.3 Å². The van der Waals surface area contributed by atoms with E-state index in [1.807, 2.05) is 14.0 Å². The van der Waals surface area contributed by atoms with E-state index in [-0.39, 0.29) is 4.90 Å². The minimum absolute atomic E-state index is 0.283. The molecule has 1 aromatic rings. The Kier molecular flexibility index (Phi) is 8.53. The van der Waals surface area contributed by atoms with Crippen LogP contribution in [0.25, 0.3) is 0 Å². The third kappa shape index (κ3) is 7.12. The summed E-state index contributed by atoms with van der Waals surface area (Å²) in [6.07, 6.45) is 3.36. The van der Waals surface area contributed by atoms with Crippen LogP contribution < -0.4 is 10.0 Å². The maximum absolute atomic E-state index is 12.3. The molecule has 1 aliphatic rings. The van der Waals surface area contributed by atoms with Gasteiger partial charge in [-0.05, 0) is 44.2 Å². The molecule has 0 spiro atoms. The van der Waals surface area contributed by atoms with Gasteiger partial charge in [0, 0.05) is 46.9 Å². The summed E-state index contributed by atoms with van der Waals surface area (Å²) in [6.45, 7) is 5.34. The molecule has 0 unspecified atom stereocenters. The van der Waals surface area contributed by atoms with Gasteiger partial charge in [0.05, 0.1) is 4.90 Å². The van der Waals surface area contributed by atoms with Crippen molar-refractivity contribution in [3.63, 3.8) is 0 Å². The molecule has 2 rings (SSSR count). The van der Waals surface area contributed by atoms with E-state index in [0.717, 1.165) is 50.5 Å². The van der Waals surface area contributed by atoms with E-state index < -0.39 is 10.0 Å². The summed E-state index contributed by atoms with van der Waals surface area (Å²) in [6, 6.07) is 6.83. The standard InChI is InChI=1S/C19H32N4O3S/c1-16-4-6-18(7-5-16)27(24,25)22-12-11-21-19(20-2)23(3)13-8-17-9-14-26-15-10-17/h4-7,17,22H,8-15H2,1-3H3,(H,20,21). The first-order chi connectivity index (χ1) is 12.9. The van der Waals surface area contributed by atoms with Crippen molar-refractivity contribution in [2.24, 2.45) is 10.9 Å². The zero-order valence-electron chi connectivity index (χ0n) is 16.6. The molecule has 2 N–H and O–H groups in total. The fourth-order valence-corrected chi connectivity index (χ4v) is 4.09. The Bertz CT molecular complexity index is 698. The molecule has 0 atom stereocenters. The summed E-state index contributed by atoms with van der Waals surface area (Å²) in [5, 5.41) is 3.21. The van der Waals surface area contributed by atoms with E-state index >= 15 is 0 Å². The Morgan fingerprint density at radius 3 is 2.52 bits per heavy atom. The fraction of sp³-hybridized carbons (Fsp3) is 0.632. The van der Waals surface area contributed by atoms with Gasteiger partial charge >= 0.3 is 0 Å². The van der Waals surface area contributed by atoms with E-state index in [1.165, 1.54) is 0 Å². The maximum atomic E-state index is 12.3. The lowest BCUT2D eigenvalue weighted by Crippen LogP contribution is -2.43. The van der Waals surface area contributed by atoms with Gasteiger partial charge in [0.2, 0.25) is 10.0 Å². The van der Waals surface area contributed by atoms with Crippen molar-refractivity contribution in [3.05, 3.63) is 29.8 Å². The molecule has 152 valence electrons. The summed E-state index contributed by atoms with van der Waals surface area (Å²) in [5.41, 5.74) is 1.03. The van der Waals surface area contributed by atoms with Crippen molar-refractivity contribution < 1.29 is 13.2 Å².